The lowest BCUT2D eigenvalue weighted by Crippen LogP contribution is -2.40. The van der Waals surface area contributed by atoms with Gasteiger partial charge in [0, 0.05) is 18.1 Å². The number of sulfonamides is 1. The van der Waals surface area contributed by atoms with Gasteiger partial charge in [0.1, 0.15) is 0 Å². The zero-order chi connectivity index (χ0) is 19.2. The van der Waals surface area contributed by atoms with Crippen LogP contribution in [0.5, 0.6) is 0 Å². The zero-order valence-corrected chi connectivity index (χ0v) is 16.5. The number of carbonyl (C=O) groups is 1. The fourth-order valence-corrected chi connectivity index (χ4v) is 3.87. The Morgan fingerprint density at radius 2 is 1.69 bits per heavy atom. The Balaban J connectivity index is 2.30. The minimum absolute atomic E-state index is 0.109. The molecule has 2 aromatic carbocycles. The van der Waals surface area contributed by atoms with Gasteiger partial charge in [0.15, 0.2) is 0 Å². The highest BCUT2D eigenvalue weighted by molar-refractivity contribution is 7.89. The standard InChI is InChI=1S/C19H23ClN2O3S/c1-3-12-21-19(23)14-22(13-16-6-4-15(2)5-7-16)26(24,25)18-10-8-17(20)9-11-18/h4-11H,3,12-14H2,1-2H3,(H,21,23). The molecule has 2 rings (SSSR count). The molecule has 0 spiro atoms. The van der Waals surface area contributed by atoms with Crippen molar-refractivity contribution in [2.75, 3.05) is 13.1 Å². The second-order valence-corrected chi connectivity index (χ2v) is 8.44. The van der Waals surface area contributed by atoms with Gasteiger partial charge in [-0.05, 0) is 43.2 Å². The minimum atomic E-state index is -3.83. The van der Waals surface area contributed by atoms with Gasteiger partial charge in [0.2, 0.25) is 15.9 Å². The molecule has 2 aromatic rings. The van der Waals surface area contributed by atoms with Crippen LogP contribution in [0.3, 0.4) is 0 Å². The number of nitrogens with zero attached hydrogens (tertiary/aromatic N) is 1. The Morgan fingerprint density at radius 3 is 2.27 bits per heavy atom. The summed E-state index contributed by atoms with van der Waals surface area (Å²) in [7, 11) is -3.83. The maximum absolute atomic E-state index is 13.0. The molecule has 0 aliphatic heterocycles. The molecule has 0 radical (unpaired) electrons. The van der Waals surface area contributed by atoms with Gasteiger partial charge >= 0.3 is 0 Å². The summed E-state index contributed by atoms with van der Waals surface area (Å²) in [5, 5.41) is 3.18. The van der Waals surface area contributed by atoms with Crippen LogP contribution >= 0.6 is 11.6 Å². The van der Waals surface area contributed by atoms with Crippen LogP contribution in [-0.2, 0) is 21.4 Å². The molecule has 0 bridgehead atoms. The summed E-state index contributed by atoms with van der Waals surface area (Å²) >= 11 is 5.85. The van der Waals surface area contributed by atoms with Gasteiger partial charge in [-0.3, -0.25) is 4.79 Å². The van der Waals surface area contributed by atoms with Crippen molar-refractivity contribution in [3.8, 4) is 0 Å². The van der Waals surface area contributed by atoms with Gasteiger partial charge < -0.3 is 5.32 Å². The molecule has 0 saturated carbocycles. The van der Waals surface area contributed by atoms with E-state index in [4.69, 9.17) is 11.6 Å². The molecule has 0 aliphatic rings. The Hall–Kier alpha value is -1.89. The first-order chi connectivity index (χ1) is 12.3. The van der Waals surface area contributed by atoms with Crippen LogP contribution in [0, 0.1) is 6.92 Å². The number of halogens is 1. The van der Waals surface area contributed by atoms with E-state index in [0.29, 0.717) is 11.6 Å². The lowest BCUT2D eigenvalue weighted by Gasteiger charge is -2.22. The third-order valence-corrected chi connectivity index (χ3v) is 5.88. The number of carbonyl (C=O) groups excluding carboxylic acids is 1. The Morgan fingerprint density at radius 1 is 1.08 bits per heavy atom. The molecular formula is C19H23ClN2O3S. The van der Waals surface area contributed by atoms with Crippen molar-refractivity contribution < 1.29 is 13.2 Å². The van der Waals surface area contributed by atoms with Gasteiger partial charge in [-0.1, -0.05) is 48.4 Å². The summed E-state index contributed by atoms with van der Waals surface area (Å²) in [4.78, 5) is 12.3. The number of aryl methyl sites for hydroxylation is 1. The van der Waals surface area contributed by atoms with Crippen molar-refractivity contribution in [2.45, 2.75) is 31.7 Å². The minimum Gasteiger partial charge on any atom is -0.355 e. The maximum Gasteiger partial charge on any atom is 0.243 e. The predicted molar refractivity (Wildman–Crippen MR) is 104 cm³/mol. The molecule has 0 aromatic heterocycles. The molecule has 0 unspecified atom stereocenters. The lowest BCUT2D eigenvalue weighted by atomic mass is 10.1. The summed E-state index contributed by atoms with van der Waals surface area (Å²) in [6.45, 7) is 4.29. The molecule has 26 heavy (non-hydrogen) atoms. The van der Waals surface area contributed by atoms with Crippen molar-refractivity contribution in [1.29, 1.82) is 0 Å². The van der Waals surface area contributed by atoms with Gasteiger partial charge in [-0.15, -0.1) is 0 Å². The first-order valence-electron chi connectivity index (χ1n) is 8.41. The Labute approximate surface area is 160 Å². The van der Waals surface area contributed by atoms with Gasteiger partial charge in [0.05, 0.1) is 11.4 Å². The third kappa shape index (κ3) is 5.56. The highest BCUT2D eigenvalue weighted by atomic mass is 35.5. The average Bonchev–Trinajstić information content (AvgIpc) is 2.61. The summed E-state index contributed by atoms with van der Waals surface area (Å²) in [5.74, 6) is -0.323. The van der Waals surface area contributed by atoms with Crippen molar-refractivity contribution in [2.24, 2.45) is 0 Å². The predicted octanol–water partition coefficient (Wildman–Crippen LogP) is 3.37. The van der Waals surface area contributed by atoms with Crippen LogP contribution in [0.25, 0.3) is 0 Å². The Bertz CT molecular complexity index is 834. The molecular weight excluding hydrogens is 372 g/mol. The lowest BCUT2D eigenvalue weighted by molar-refractivity contribution is -0.121. The molecule has 0 atom stereocenters. The number of benzene rings is 2. The zero-order valence-electron chi connectivity index (χ0n) is 14.9. The summed E-state index contributed by atoms with van der Waals surface area (Å²) in [5.41, 5.74) is 1.90. The summed E-state index contributed by atoms with van der Waals surface area (Å²) in [6, 6.07) is 13.5. The van der Waals surface area contributed by atoms with E-state index in [1.807, 2.05) is 38.1 Å². The van der Waals surface area contributed by atoms with Crippen LogP contribution in [0.1, 0.15) is 24.5 Å². The monoisotopic (exact) mass is 394 g/mol. The van der Waals surface area contributed by atoms with Crippen LogP contribution < -0.4 is 5.32 Å². The Kier molecular flexibility index (Phi) is 7.20. The molecule has 140 valence electrons. The van der Waals surface area contributed by atoms with Crippen molar-refractivity contribution in [3.05, 3.63) is 64.7 Å². The second kappa shape index (κ2) is 9.16. The summed E-state index contributed by atoms with van der Waals surface area (Å²) < 4.78 is 27.2. The van der Waals surface area contributed by atoms with E-state index in [1.54, 1.807) is 0 Å². The first kappa shape index (κ1) is 20.4. The molecule has 1 N–H and O–H groups in total. The van der Waals surface area contributed by atoms with Crippen molar-refractivity contribution in [1.82, 2.24) is 9.62 Å². The third-order valence-electron chi connectivity index (χ3n) is 3.82. The first-order valence-corrected chi connectivity index (χ1v) is 10.2. The van der Waals surface area contributed by atoms with Crippen LogP contribution in [0.15, 0.2) is 53.4 Å². The fraction of sp³-hybridized carbons (Fsp3) is 0.316. The normalized spacial score (nSPS) is 11.5. The quantitative estimate of drug-likeness (QED) is 0.746. The number of hydrogen-bond acceptors (Lipinski definition) is 3. The van der Waals surface area contributed by atoms with Crippen molar-refractivity contribution in [3.63, 3.8) is 0 Å². The number of hydrogen-bond donors (Lipinski definition) is 1. The van der Waals surface area contributed by atoms with E-state index in [0.717, 1.165) is 17.5 Å². The van der Waals surface area contributed by atoms with Gasteiger partial charge in [0.25, 0.3) is 0 Å². The smallest absolute Gasteiger partial charge is 0.243 e. The van der Waals surface area contributed by atoms with Crippen LogP contribution in [0.4, 0.5) is 0 Å². The molecule has 0 fully saturated rings. The van der Waals surface area contributed by atoms with Crippen molar-refractivity contribution >= 4 is 27.5 Å². The molecule has 1 amide bonds. The van der Waals surface area contributed by atoms with E-state index >= 15 is 0 Å². The van der Waals surface area contributed by atoms with Gasteiger partial charge in [-0.2, -0.15) is 4.31 Å². The maximum atomic E-state index is 13.0. The van der Waals surface area contributed by atoms with Crippen LogP contribution in [-0.4, -0.2) is 31.7 Å². The largest absolute Gasteiger partial charge is 0.355 e. The van der Waals surface area contributed by atoms with E-state index in [2.05, 4.69) is 5.32 Å². The van der Waals surface area contributed by atoms with Gasteiger partial charge in [-0.25, -0.2) is 8.42 Å². The molecule has 0 heterocycles. The van der Waals surface area contributed by atoms with E-state index in [1.165, 1.54) is 28.6 Å². The number of amides is 1. The molecule has 0 aliphatic carbocycles. The molecule has 5 nitrogen and oxygen atoms in total. The van der Waals surface area contributed by atoms with E-state index in [-0.39, 0.29) is 23.9 Å². The SMILES string of the molecule is CCCNC(=O)CN(Cc1ccc(C)cc1)S(=O)(=O)c1ccc(Cl)cc1. The molecule has 0 saturated heterocycles. The topological polar surface area (TPSA) is 66.5 Å². The highest BCUT2D eigenvalue weighted by Crippen LogP contribution is 2.20. The summed E-state index contributed by atoms with van der Waals surface area (Å²) in [6.07, 6.45) is 0.785. The molecule has 7 heteroatoms. The fourth-order valence-electron chi connectivity index (χ4n) is 2.36. The number of rotatable bonds is 8. The average molecular weight is 395 g/mol. The highest BCUT2D eigenvalue weighted by Gasteiger charge is 2.26. The number of nitrogens with one attached hydrogen (secondary N) is 1. The van der Waals surface area contributed by atoms with E-state index < -0.39 is 10.0 Å². The second-order valence-electron chi connectivity index (χ2n) is 6.06. The van der Waals surface area contributed by atoms with Crippen LogP contribution in [0.2, 0.25) is 5.02 Å². The van der Waals surface area contributed by atoms with E-state index in [9.17, 15) is 13.2 Å².